The van der Waals surface area contributed by atoms with Crippen molar-refractivity contribution in [1.82, 2.24) is 14.8 Å². The molecule has 2 aromatic rings. The van der Waals surface area contributed by atoms with Gasteiger partial charge in [-0.15, -0.1) is 0 Å². The lowest BCUT2D eigenvalue weighted by molar-refractivity contribution is -0.138. The summed E-state index contributed by atoms with van der Waals surface area (Å²) in [5, 5.41) is 4.31. The number of para-hydroxylation sites is 1. The minimum atomic E-state index is -0.0548. The molecule has 132 valence electrons. The van der Waals surface area contributed by atoms with Crippen molar-refractivity contribution in [3.63, 3.8) is 0 Å². The van der Waals surface area contributed by atoms with Gasteiger partial charge >= 0.3 is 0 Å². The number of likely N-dealkylation sites (tertiary alicyclic amines) is 1. The Kier molecular flexibility index (Phi) is 4.24. The summed E-state index contributed by atoms with van der Waals surface area (Å²) >= 11 is 0. The maximum Gasteiger partial charge on any atom is 0.224 e. The Hall–Kier alpha value is -2.30. The van der Waals surface area contributed by atoms with Crippen LogP contribution in [0.15, 0.2) is 30.3 Å². The second-order valence-corrected chi connectivity index (χ2v) is 7.30. The second kappa shape index (κ2) is 6.54. The lowest BCUT2D eigenvalue weighted by Gasteiger charge is -2.32. The first kappa shape index (κ1) is 16.2. The predicted molar refractivity (Wildman–Crippen MR) is 97.1 cm³/mol. The van der Waals surface area contributed by atoms with E-state index in [4.69, 9.17) is 0 Å². The van der Waals surface area contributed by atoms with Crippen molar-refractivity contribution >= 4 is 22.7 Å². The Bertz CT molecular complexity index is 806. The van der Waals surface area contributed by atoms with Crippen LogP contribution >= 0.6 is 0 Å². The van der Waals surface area contributed by atoms with Crippen molar-refractivity contribution in [3.8, 4) is 0 Å². The molecule has 0 unspecified atom stereocenters. The molecule has 1 saturated carbocycles. The van der Waals surface area contributed by atoms with Gasteiger partial charge in [0.15, 0.2) is 0 Å². The molecule has 5 heteroatoms. The van der Waals surface area contributed by atoms with E-state index in [1.807, 2.05) is 17.0 Å². The van der Waals surface area contributed by atoms with E-state index in [0.29, 0.717) is 32.0 Å². The number of aryl methyl sites for hydroxylation is 1. The molecule has 1 aromatic carbocycles. The Labute approximate surface area is 148 Å². The van der Waals surface area contributed by atoms with Gasteiger partial charge in [-0.3, -0.25) is 9.59 Å². The summed E-state index contributed by atoms with van der Waals surface area (Å²) in [7, 11) is 0. The van der Waals surface area contributed by atoms with Gasteiger partial charge in [-0.05, 0) is 43.7 Å². The fourth-order valence-electron chi connectivity index (χ4n) is 3.91. The van der Waals surface area contributed by atoms with E-state index in [-0.39, 0.29) is 17.7 Å². The molecule has 2 fully saturated rings. The molecule has 2 amide bonds. The van der Waals surface area contributed by atoms with E-state index in [2.05, 4.69) is 35.0 Å². The largest absolute Gasteiger partial charge is 0.354 e. The van der Waals surface area contributed by atoms with Crippen LogP contribution in [0.3, 0.4) is 0 Å². The van der Waals surface area contributed by atoms with Crippen LogP contribution in [-0.2, 0) is 16.1 Å². The Morgan fingerprint density at radius 1 is 1.24 bits per heavy atom. The van der Waals surface area contributed by atoms with Crippen LogP contribution in [0.4, 0.5) is 0 Å². The maximum atomic E-state index is 12.5. The highest BCUT2D eigenvalue weighted by Gasteiger charge is 2.38. The average Bonchev–Trinajstić information content (AvgIpc) is 3.40. The maximum absolute atomic E-state index is 12.5. The highest BCUT2D eigenvalue weighted by Crippen LogP contribution is 2.31. The summed E-state index contributed by atoms with van der Waals surface area (Å²) in [5.74, 6) is 0.258. The first-order valence-electron chi connectivity index (χ1n) is 9.25. The molecule has 1 atom stereocenters. The molecule has 0 bridgehead atoms. The first-order valence-corrected chi connectivity index (χ1v) is 9.25. The van der Waals surface area contributed by atoms with Gasteiger partial charge in [0, 0.05) is 43.3 Å². The van der Waals surface area contributed by atoms with Gasteiger partial charge in [0.1, 0.15) is 0 Å². The van der Waals surface area contributed by atoms with E-state index >= 15 is 0 Å². The number of rotatable bonds is 5. The van der Waals surface area contributed by atoms with Crippen molar-refractivity contribution in [3.05, 3.63) is 36.0 Å². The highest BCUT2D eigenvalue weighted by atomic mass is 16.2. The number of hydrogen-bond donors (Lipinski definition) is 1. The third kappa shape index (κ3) is 3.28. The topological polar surface area (TPSA) is 54.3 Å². The smallest absolute Gasteiger partial charge is 0.224 e. The molecule has 4 rings (SSSR count). The van der Waals surface area contributed by atoms with Crippen LogP contribution < -0.4 is 5.32 Å². The number of piperidine rings is 1. The van der Waals surface area contributed by atoms with Gasteiger partial charge in [-0.2, -0.15) is 0 Å². The fraction of sp³-hybridized carbons (Fsp3) is 0.500. The lowest BCUT2D eigenvalue weighted by Crippen LogP contribution is -2.47. The predicted octanol–water partition coefficient (Wildman–Crippen LogP) is 2.47. The average molecular weight is 339 g/mol. The first-order chi connectivity index (χ1) is 12.1. The van der Waals surface area contributed by atoms with Gasteiger partial charge in [-0.1, -0.05) is 18.2 Å². The van der Waals surface area contributed by atoms with Crippen molar-refractivity contribution in [2.45, 2.75) is 45.2 Å². The van der Waals surface area contributed by atoms with Gasteiger partial charge < -0.3 is 14.8 Å². The molecule has 5 nitrogen and oxygen atoms in total. The quantitative estimate of drug-likeness (QED) is 0.910. The number of benzene rings is 1. The lowest BCUT2D eigenvalue weighted by atomic mass is 9.96. The van der Waals surface area contributed by atoms with Gasteiger partial charge in [0.05, 0.1) is 5.92 Å². The number of hydrogen-bond acceptors (Lipinski definition) is 2. The summed E-state index contributed by atoms with van der Waals surface area (Å²) in [5.41, 5.74) is 2.41. The van der Waals surface area contributed by atoms with Crippen molar-refractivity contribution in [2.24, 2.45) is 5.92 Å². The number of nitrogens with zero attached hydrogens (tertiary/aromatic N) is 2. The molecule has 1 saturated heterocycles. The standard InChI is InChI=1S/C20H25N3O2/c1-14-12-15-4-2-3-5-18(15)22(14)11-10-21-20(25)16-6-9-19(24)23(13-16)17-7-8-17/h2-5,12,16-17H,6-11,13H2,1H3,(H,21,25)/t16-/m0/s1. The molecule has 1 aliphatic heterocycles. The summed E-state index contributed by atoms with van der Waals surface area (Å²) in [4.78, 5) is 26.4. The van der Waals surface area contributed by atoms with Crippen LogP contribution in [0.2, 0.25) is 0 Å². The molecule has 2 aliphatic rings. The van der Waals surface area contributed by atoms with E-state index < -0.39 is 0 Å². The fourth-order valence-corrected chi connectivity index (χ4v) is 3.91. The SMILES string of the molecule is Cc1cc2ccccc2n1CCNC(=O)[C@H]1CCC(=O)N(C2CC2)C1. The zero-order chi connectivity index (χ0) is 17.4. The van der Waals surface area contributed by atoms with Gasteiger partial charge in [-0.25, -0.2) is 0 Å². The van der Waals surface area contributed by atoms with E-state index in [1.54, 1.807) is 0 Å². The Morgan fingerprint density at radius 3 is 2.84 bits per heavy atom. The van der Waals surface area contributed by atoms with Crippen LogP contribution in [-0.4, -0.2) is 40.4 Å². The van der Waals surface area contributed by atoms with E-state index in [1.165, 1.54) is 16.6 Å². The van der Waals surface area contributed by atoms with E-state index in [9.17, 15) is 9.59 Å². The number of amides is 2. The number of nitrogens with one attached hydrogen (secondary N) is 1. The summed E-state index contributed by atoms with van der Waals surface area (Å²) in [6.07, 6.45) is 3.38. The highest BCUT2D eigenvalue weighted by molar-refractivity contribution is 5.84. The minimum Gasteiger partial charge on any atom is -0.354 e. The molecular weight excluding hydrogens is 314 g/mol. The van der Waals surface area contributed by atoms with Crippen molar-refractivity contribution < 1.29 is 9.59 Å². The summed E-state index contributed by atoms with van der Waals surface area (Å²) in [6, 6.07) is 10.9. The molecule has 0 radical (unpaired) electrons. The molecule has 0 spiro atoms. The van der Waals surface area contributed by atoms with Crippen molar-refractivity contribution in [1.29, 1.82) is 0 Å². The minimum absolute atomic E-state index is 0.0548. The van der Waals surface area contributed by atoms with Gasteiger partial charge in [0.25, 0.3) is 0 Å². The zero-order valence-electron chi connectivity index (χ0n) is 14.7. The normalized spacial score (nSPS) is 20.9. The number of aromatic nitrogens is 1. The summed E-state index contributed by atoms with van der Waals surface area (Å²) < 4.78 is 2.25. The van der Waals surface area contributed by atoms with Crippen LogP contribution in [0.5, 0.6) is 0 Å². The van der Waals surface area contributed by atoms with Gasteiger partial charge in [0.2, 0.25) is 11.8 Å². The number of fused-ring (bicyclic) bond motifs is 1. The zero-order valence-corrected chi connectivity index (χ0v) is 14.7. The molecule has 25 heavy (non-hydrogen) atoms. The molecular formula is C20H25N3O2. The molecule has 1 N–H and O–H groups in total. The number of carbonyl (C=O) groups excluding carboxylic acids is 2. The van der Waals surface area contributed by atoms with Crippen LogP contribution in [0.1, 0.15) is 31.4 Å². The molecule has 1 aromatic heterocycles. The third-order valence-corrected chi connectivity index (χ3v) is 5.45. The Morgan fingerprint density at radius 2 is 2.04 bits per heavy atom. The number of carbonyl (C=O) groups is 2. The Balaban J connectivity index is 1.34. The summed E-state index contributed by atoms with van der Waals surface area (Å²) in [6.45, 7) is 4.08. The molecule has 2 heterocycles. The van der Waals surface area contributed by atoms with E-state index in [0.717, 1.165) is 19.4 Å². The monoisotopic (exact) mass is 339 g/mol. The van der Waals surface area contributed by atoms with Crippen molar-refractivity contribution in [2.75, 3.05) is 13.1 Å². The second-order valence-electron chi connectivity index (χ2n) is 7.30. The van der Waals surface area contributed by atoms with Crippen LogP contribution in [0, 0.1) is 12.8 Å². The third-order valence-electron chi connectivity index (χ3n) is 5.45. The molecule has 1 aliphatic carbocycles. The van der Waals surface area contributed by atoms with Crippen LogP contribution in [0.25, 0.3) is 10.9 Å².